The van der Waals surface area contributed by atoms with Crippen molar-refractivity contribution in [3.63, 3.8) is 0 Å². The molecule has 0 spiro atoms. The van der Waals surface area contributed by atoms with E-state index in [1.807, 2.05) is 50.1 Å². The standard InChI is InChI=1S/C17H26FN3/c1-20(2)16(21(3)4)19-13-17(11-5-6-12-17)14-7-9-15(18)10-8-14/h7-10H,5-6,11-13H2,1-4H3. The summed E-state index contributed by atoms with van der Waals surface area (Å²) in [6.07, 6.45) is 4.73. The Bertz CT molecular complexity index is 475. The highest BCUT2D eigenvalue weighted by atomic mass is 19.1. The van der Waals surface area contributed by atoms with Crippen molar-refractivity contribution in [1.29, 1.82) is 0 Å². The van der Waals surface area contributed by atoms with E-state index in [9.17, 15) is 4.39 Å². The maximum atomic E-state index is 13.2. The maximum Gasteiger partial charge on any atom is 0.195 e. The van der Waals surface area contributed by atoms with E-state index in [1.54, 1.807) is 12.1 Å². The highest BCUT2D eigenvalue weighted by Gasteiger charge is 2.35. The average Bonchev–Trinajstić information content (AvgIpc) is 2.89. The van der Waals surface area contributed by atoms with Crippen LogP contribution in [0.15, 0.2) is 29.3 Å². The number of rotatable bonds is 3. The van der Waals surface area contributed by atoms with Crippen molar-refractivity contribution in [1.82, 2.24) is 9.80 Å². The monoisotopic (exact) mass is 291 g/mol. The highest BCUT2D eigenvalue weighted by Crippen LogP contribution is 2.41. The first-order chi connectivity index (χ1) is 9.94. The summed E-state index contributed by atoms with van der Waals surface area (Å²) in [7, 11) is 8.05. The van der Waals surface area contributed by atoms with Gasteiger partial charge in [0, 0.05) is 33.6 Å². The summed E-state index contributed by atoms with van der Waals surface area (Å²) in [5.41, 5.74) is 1.30. The summed E-state index contributed by atoms with van der Waals surface area (Å²) < 4.78 is 13.2. The largest absolute Gasteiger partial charge is 0.349 e. The Morgan fingerprint density at radius 3 is 2.05 bits per heavy atom. The summed E-state index contributed by atoms with van der Waals surface area (Å²) >= 11 is 0. The molecule has 1 aromatic rings. The third kappa shape index (κ3) is 3.55. The van der Waals surface area contributed by atoms with Crippen LogP contribution in [0.4, 0.5) is 4.39 Å². The van der Waals surface area contributed by atoms with Crippen LogP contribution in [-0.2, 0) is 5.41 Å². The summed E-state index contributed by atoms with van der Waals surface area (Å²) in [6, 6.07) is 7.00. The van der Waals surface area contributed by atoms with Gasteiger partial charge in [0.25, 0.3) is 0 Å². The lowest BCUT2D eigenvalue weighted by Gasteiger charge is -2.30. The van der Waals surface area contributed by atoms with Crippen LogP contribution in [0.2, 0.25) is 0 Å². The molecule has 0 bridgehead atoms. The zero-order valence-corrected chi connectivity index (χ0v) is 13.6. The van der Waals surface area contributed by atoms with E-state index in [-0.39, 0.29) is 11.2 Å². The highest BCUT2D eigenvalue weighted by molar-refractivity contribution is 5.79. The first kappa shape index (κ1) is 15.8. The zero-order chi connectivity index (χ0) is 15.5. The molecule has 0 amide bonds. The Hall–Kier alpha value is -1.58. The summed E-state index contributed by atoms with van der Waals surface area (Å²) in [6.45, 7) is 0.768. The Morgan fingerprint density at radius 1 is 1.05 bits per heavy atom. The van der Waals surface area contributed by atoms with Crippen LogP contribution in [-0.4, -0.2) is 50.5 Å². The topological polar surface area (TPSA) is 18.8 Å². The predicted molar refractivity (Wildman–Crippen MR) is 86.2 cm³/mol. The van der Waals surface area contributed by atoms with Crippen LogP contribution in [0.3, 0.4) is 0 Å². The van der Waals surface area contributed by atoms with Gasteiger partial charge >= 0.3 is 0 Å². The quantitative estimate of drug-likeness (QED) is 0.629. The molecule has 0 atom stereocenters. The van der Waals surface area contributed by atoms with Crippen molar-refractivity contribution in [3.05, 3.63) is 35.6 Å². The third-order valence-corrected chi connectivity index (χ3v) is 4.34. The Kier molecular flexibility index (Phi) is 4.86. The molecule has 0 aliphatic heterocycles. The molecule has 1 saturated carbocycles. The smallest absolute Gasteiger partial charge is 0.195 e. The number of benzene rings is 1. The minimum atomic E-state index is -0.169. The molecule has 1 aliphatic rings. The summed E-state index contributed by atoms with van der Waals surface area (Å²) in [5, 5.41) is 0. The van der Waals surface area contributed by atoms with Gasteiger partial charge in [-0.2, -0.15) is 0 Å². The molecule has 3 nitrogen and oxygen atoms in total. The van der Waals surface area contributed by atoms with E-state index < -0.39 is 0 Å². The van der Waals surface area contributed by atoms with E-state index >= 15 is 0 Å². The second-order valence-corrected chi connectivity index (χ2v) is 6.40. The maximum absolute atomic E-state index is 13.2. The second kappa shape index (κ2) is 6.46. The Labute approximate surface area is 127 Å². The van der Waals surface area contributed by atoms with Crippen molar-refractivity contribution in [3.8, 4) is 0 Å². The van der Waals surface area contributed by atoms with Crippen molar-refractivity contribution in [2.45, 2.75) is 31.1 Å². The molecule has 0 radical (unpaired) electrons. The minimum absolute atomic E-state index is 0.0744. The number of hydrogen-bond acceptors (Lipinski definition) is 1. The fourth-order valence-corrected chi connectivity index (χ4v) is 3.30. The molecule has 21 heavy (non-hydrogen) atoms. The van der Waals surface area contributed by atoms with Gasteiger partial charge in [0.1, 0.15) is 5.82 Å². The summed E-state index contributed by atoms with van der Waals surface area (Å²) in [5.74, 6) is 0.807. The average molecular weight is 291 g/mol. The van der Waals surface area contributed by atoms with Crippen LogP contribution in [0, 0.1) is 5.82 Å². The van der Waals surface area contributed by atoms with Crippen LogP contribution in [0.1, 0.15) is 31.2 Å². The lowest BCUT2D eigenvalue weighted by atomic mass is 9.79. The summed E-state index contributed by atoms with van der Waals surface area (Å²) in [4.78, 5) is 8.92. The SMILES string of the molecule is CN(C)C(=NCC1(c2ccc(F)cc2)CCCC1)N(C)C. The van der Waals surface area contributed by atoms with Crippen LogP contribution in [0.5, 0.6) is 0 Å². The van der Waals surface area contributed by atoms with E-state index in [0.717, 1.165) is 25.3 Å². The number of guanidine groups is 1. The first-order valence-electron chi connectivity index (χ1n) is 7.60. The molecule has 4 heteroatoms. The van der Waals surface area contributed by atoms with Gasteiger partial charge in [0.15, 0.2) is 5.96 Å². The predicted octanol–water partition coefficient (Wildman–Crippen LogP) is 3.12. The minimum Gasteiger partial charge on any atom is -0.349 e. The van der Waals surface area contributed by atoms with Crippen molar-refractivity contribution < 1.29 is 4.39 Å². The van der Waals surface area contributed by atoms with Crippen LogP contribution in [0.25, 0.3) is 0 Å². The fraction of sp³-hybridized carbons (Fsp3) is 0.588. The van der Waals surface area contributed by atoms with Gasteiger partial charge in [0.05, 0.1) is 6.54 Å². The molecular weight excluding hydrogens is 265 g/mol. The second-order valence-electron chi connectivity index (χ2n) is 6.40. The van der Waals surface area contributed by atoms with Gasteiger partial charge in [-0.25, -0.2) is 4.39 Å². The van der Waals surface area contributed by atoms with Gasteiger partial charge in [-0.3, -0.25) is 4.99 Å². The van der Waals surface area contributed by atoms with Crippen molar-refractivity contribution >= 4 is 5.96 Å². The van der Waals surface area contributed by atoms with E-state index in [2.05, 4.69) is 0 Å². The lowest BCUT2D eigenvalue weighted by molar-refractivity contribution is 0.431. The molecule has 0 unspecified atom stereocenters. The third-order valence-electron chi connectivity index (χ3n) is 4.34. The Morgan fingerprint density at radius 2 is 1.57 bits per heavy atom. The van der Waals surface area contributed by atoms with Gasteiger partial charge in [-0.1, -0.05) is 25.0 Å². The number of nitrogens with zero attached hydrogens (tertiary/aromatic N) is 3. The Balaban J connectivity index is 2.27. The first-order valence-corrected chi connectivity index (χ1v) is 7.60. The molecule has 116 valence electrons. The molecule has 1 aromatic carbocycles. The van der Waals surface area contributed by atoms with Crippen molar-refractivity contribution in [2.75, 3.05) is 34.7 Å². The lowest BCUT2D eigenvalue weighted by Crippen LogP contribution is -2.37. The van der Waals surface area contributed by atoms with Gasteiger partial charge in [0.2, 0.25) is 0 Å². The molecule has 1 fully saturated rings. The van der Waals surface area contributed by atoms with Crippen LogP contribution < -0.4 is 0 Å². The molecule has 1 aliphatic carbocycles. The zero-order valence-electron chi connectivity index (χ0n) is 13.6. The van der Waals surface area contributed by atoms with Gasteiger partial charge < -0.3 is 9.80 Å². The number of hydrogen-bond donors (Lipinski definition) is 0. The molecular formula is C17H26FN3. The van der Waals surface area contributed by atoms with Gasteiger partial charge in [-0.05, 0) is 30.5 Å². The van der Waals surface area contributed by atoms with Crippen molar-refractivity contribution in [2.24, 2.45) is 4.99 Å². The normalized spacial score (nSPS) is 16.6. The van der Waals surface area contributed by atoms with E-state index in [4.69, 9.17) is 4.99 Å². The molecule has 0 heterocycles. The molecule has 0 aromatic heterocycles. The molecule has 0 N–H and O–H groups in total. The number of halogens is 1. The molecule has 2 rings (SSSR count). The van der Waals surface area contributed by atoms with Crippen LogP contribution >= 0.6 is 0 Å². The molecule has 0 saturated heterocycles. The van der Waals surface area contributed by atoms with E-state index in [0.29, 0.717) is 0 Å². The number of aliphatic imine (C=N–C) groups is 1. The van der Waals surface area contributed by atoms with Gasteiger partial charge in [-0.15, -0.1) is 0 Å². The fourth-order valence-electron chi connectivity index (χ4n) is 3.30. The van der Waals surface area contributed by atoms with E-state index in [1.165, 1.54) is 18.4 Å².